The van der Waals surface area contributed by atoms with Crippen molar-refractivity contribution in [2.24, 2.45) is 0 Å². The fourth-order valence-corrected chi connectivity index (χ4v) is 1.71. The van der Waals surface area contributed by atoms with E-state index in [1.807, 2.05) is 13.0 Å². The molecule has 4 nitrogen and oxygen atoms in total. The lowest BCUT2D eigenvalue weighted by molar-refractivity contribution is 0.102. The Bertz CT molecular complexity index is 585. The van der Waals surface area contributed by atoms with Gasteiger partial charge in [-0.1, -0.05) is 24.6 Å². The number of aromatic nitrogens is 1. The predicted molar refractivity (Wildman–Crippen MR) is 79.4 cm³/mol. The van der Waals surface area contributed by atoms with Gasteiger partial charge in [-0.15, -0.1) is 0 Å². The first-order valence-electron chi connectivity index (χ1n) is 6.35. The summed E-state index contributed by atoms with van der Waals surface area (Å²) in [7, 11) is 0. The highest BCUT2D eigenvalue weighted by Gasteiger charge is 2.07. The predicted octanol–water partition coefficient (Wildman–Crippen LogP) is 3.78. The molecular formula is C15H15ClN2O2. The first-order valence-corrected chi connectivity index (χ1v) is 6.72. The number of rotatable bonds is 5. The number of nitrogens with one attached hydrogen (secondary N) is 1. The highest BCUT2D eigenvalue weighted by Crippen LogP contribution is 2.16. The average Bonchev–Trinajstić information content (AvgIpc) is 2.48. The van der Waals surface area contributed by atoms with Crippen LogP contribution in [0.5, 0.6) is 5.75 Å². The summed E-state index contributed by atoms with van der Waals surface area (Å²) in [5.74, 6) is 0.477. The summed E-state index contributed by atoms with van der Waals surface area (Å²) in [4.78, 5) is 16.0. The Hall–Kier alpha value is -2.07. The largest absolute Gasteiger partial charge is 0.494 e. The summed E-state index contributed by atoms with van der Waals surface area (Å²) < 4.78 is 5.50. The third-order valence-corrected chi connectivity index (χ3v) is 2.78. The number of benzene rings is 1. The van der Waals surface area contributed by atoms with E-state index < -0.39 is 0 Å². The van der Waals surface area contributed by atoms with Gasteiger partial charge in [-0.2, -0.15) is 0 Å². The van der Waals surface area contributed by atoms with Crippen molar-refractivity contribution in [3.05, 3.63) is 53.3 Å². The van der Waals surface area contributed by atoms with Crippen LogP contribution < -0.4 is 10.1 Å². The van der Waals surface area contributed by atoms with E-state index in [1.165, 1.54) is 6.20 Å². The molecule has 0 fully saturated rings. The molecular weight excluding hydrogens is 276 g/mol. The van der Waals surface area contributed by atoms with Gasteiger partial charge in [0.1, 0.15) is 10.9 Å². The number of amides is 1. The standard InChI is InChI=1S/C15H15ClN2O2/c1-2-8-20-13-5-3-4-11(9-13)15(19)18-12-6-7-14(16)17-10-12/h3-7,9-10H,2,8H2,1H3,(H,18,19). The normalized spacial score (nSPS) is 10.1. The first-order chi connectivity index (χ1) is 9.69. The maximum atomic E-state index is 12.1. The highest BCUT2D eigenvalue weighted by molar-refractivity contribution is 6.29. The zero-order valence-corrected chi connectivity index (χ0v) is 11.9. The monoisotopic (exact) mass is 290 g/mol. The van der Waals surface area contributed by atoms with Gasteiger partial charge in [-0.05, 0) is 36.8 Å². The van der Waals surface area contributed by atoms with Crippen LogP contribution in [0.15, 0.2) is 42.6 Å². The molecule has 20 heavy (non-hydrogen) atoms. The van der Waals surface area contributed by atoms with Crippen LogP contribution in [0.3, 0.4) is 0 Å². The molecule has 0 radical (unpaired) electrons. The Balaban J connectivity index is 2.06. The minimum Gasteiger partial charge on any atom is -0.494 e. The van der Waals surface area contributed by atoms with Crippen molar-refractivity contribution in [3.63, 3.8) is 0 Å². The first kappa shape index (κ1) is 14.3. The number of anilines is 1. The number of ether oxygens (including phenoxy) is 1. The van der Waals surface area contributed by atoms with E-state index >= 15 is 0 Å². The van der Waals surface area contributed by atoms with Gasteiger partial charge in [0.25, 0.3) is 5.91 Å². The molecule has 0 aliphatic rings. The molecule has 0 saturated carbocycles. The number of nitrogens with zero attached hydrogens (tertiary/aromatic N) is 1. The summed E-state index contributed by atoms with van der Waals surface area (Å²) in [5, 5.41) is 3.14. The highest BCUT2D eigenvalue weighted by atomic mass is 35.5. The fraction of sp³-hybridized carbons (Fsp3) is 0.200. The summed E-state index contributed by atoms with van der Waals surface area (Å²) in [5.41, 5.74) is 1.13. The smallest absolute Gasteiger partial charge is 0.255 e. The molecule has 0 bridgehead atoms. The van der Waals surface area contributed by atoms with Crippen molar-refractivity contribution in [2.75, 3.05) is 11.9 Å². The van der Waals surface area contributed by atoms with E-state index in [4.69, 9.17) is 16.3 Å². The zero-order chi connectivity index (χ0) is 14.4. The lowest BCUT2D eigenvalue weighted by Gasteiger charge is -2.08. The number of carbonyl (C=O) groups is 1. The van der Waals surface area contributed by atoms with Crippen LogP contribution in [0.25, 0.3) is 0 Å². The topological polar surface area (TPSA) is 51.2 Å². The summed E-state index contributed by atoms with van der Waals surface area (Å²) >= 11 is 5.69. The molecule has 0 aliphatic carbocycles. The van der Waals surface area contributed by atoms with Gasteiger partial charge in [-0.3, -0.25) is 4.79 Å². The maximum absolute atomic E-state index is 12.1. The Morgan fingerprint density at radius 2 is 2.20 bits per heavy atom. The molecule has 1 aromatic heterocycles. The van der Waals surface area contributed by atoms with Gasteiger partial charge >= 0.3 is 0 Å². The molecule has 2 rings (SSSR count). The molecule has 0 aliphatic heterocycles. The van der Waals surface area contributed by atoms with Gasteiger partial charge < -0.3 is 10.1 Å². The summed E-state index contributed by atoms with van der Waals surface area (Å²) in [6.45, 7) is 2.66. The van der Waals surface area contributed by atoms with Crippen LogP contribution in [0.2, 0.25) is 5.15 Å². The molecule has 0 unspecified atom stereocenters. The molecule has 2 aromatic rings. The van der Waals surface area contributed by atoms with Gasteiger partial charge in [-0.25, -0.2) is 4.98 Å². The second kappa shape index (κ2) is 6.91. The van der Waals surface area contributed by atoms with Crippen molar-refractivity contribution < 1.29 is 9.53 Å². The number of halogens is 1. The quantitative estimate of drug-likeness (QED) is 0.853. The fourth-order valence-electron chi connectivity index (χ4n) is 1.60. The summed E-state index contributed by atoms with van der Waals surface area (Å²) in [6, 6.07) is 10.4. The van der Waals surface area contributed by atoms with E-state index in [2.05, 4.69) is 10.3 Å². The third kappa shape index (κ3) is 3.96. The number of carbonyl (C=O) groups excluding carboxylic acids is 1. The maximum Gasteiger partial charge on any atom is 0.255 e. The van der Waals surface area contributed by atoms with Crippen LogP contribution in [0.1, 0.15) is 23.7 Å². The van der Waals surface area contributed by atoms with Gasteiger partial charge in [0, 0.05) is 5.56 Å². The number of pyridine rings is 1. The van der Waals surface area contributed by atoms with Crippen molar-refractivity contribution in [3.8, 4) is 5.75 Å². The number of hydrogen-bond acceptors (Lipinski definition) is 3. The Kier molecular flexibility index (Phi) is 4.96. The lowest BCUT2D eigenvalue weighted by atomic mass is 10.2. The SMILES string of the molecule is CCCOc1cccc(C(=O)Nc2ccc(Cl)nc2)c1. The Morgan fingerprint density at radius 3 is 2.90 bits per heavy atom. The van der Waals surface area contributed by atoms with E-state index in [0.29, 0.717) is 28.8 Å². The molecule has 0 atom stereocenters. The van der Waals surface area contributed by atoms with Gasteiger partial charge in [0.05, 0.1) is 18.5 Å². The third-order valence-electron chi connectivity index (χ3n) is 2.55. The molecule has 0 saturated heterocycles. The number of hydrogen-bond donors (Lipinski definition) is 1. The van der Waals surface area contributed by atoms with Crippen molar-refractivity contribution in [2.45, 2.75) is 13.3 Å². The molecule has 0 spiro atoms. The molecule has 104 valence electrons. The lowest BCUT2D eigenvalue weighted by Crippen LogP contribution is -2.12. The zero-order valence-electron chi connectivity index (χ0n) is 11.1. The minimum absolute atomic E-state index is 0.212. The molecule has 5 heteroatoms. The van der Waals surface area contributed by atoms with Crippen molar-refractivity contribution in [1.29, 1.82) is 0 Å². The van der Waals surface area contributed by atoms with E-state index in [-0.39, 0.29) is 5.91 Å². The van der Waals surface area contributed by atoms with Crippen LogP contribution in [0, 0.1) is 0 Å². The second-order valence-corrected chi connectivity index (χ2v) is 4.59. The Labute approximate surface area is 122 Å². The van der Waals surface area contributed by atoms with Gasteiger partial charge in [0.2, 0.25) is 0 Å². The van der Waals surface area contributed by atoms with E-state index in [0.717, 1.165) is 6.42 Å². The van der Waals surface area contributed by atoms with E-state index in [9.17, 15) is 4.79 Å². The van der Waals surface area contributed by atoms with Crippen molar-refractivity contribution in [1.82, 2.24) is 4.98 Å². The van der Waals surface area contributed by atoms with Crippen LogP contribution in [-0.2, 0) is 0 Å². The molecule has 1 amide bonds. The van der Waals surface area contributed by atoms with Crippen LogP contribution in [-0.4, -0.2) is 17.5 Å². The minimum atomic E-state index is -0.212. The van der Waals surface area contributed by atoms with Crippen LogP contribution >= 0.6 is 11.6 Å². The molecule has 1 heterocycles. The second-order valence-electron chi connectivity index (χ2n) is 4.20. The summed E-state index contributed by atoms with van der Waals surface area (Å²) in [6.07, 6.45) is 2.44. The van der Waals surface area contributed by atoms with Crippen molar-refractivity contribution >= 4 is 23.2 Å². The Morgan fingerprint density at radius 1 is 1.35 bits per heavy atom. The average molecular weight is 291 g/mol. The van der Waals surface area contributed by atoms with Crippen LogP contribution in [0.4, 0.5) is 5.69 Å². The van der Waals surface area contributed by atoms with Gasteiger partial charge in [0.15, 0.2) is 0 Å². The molecule has 1 N–H and O–H groups in total. The molecule has 1 aromatic carbocycles. The van der Waals surface area contributed by atoms with E-state index in [1.54, 1.807) is 30.3 Å².